The first kappa shape index (κ1) is 13.2. The third kappa shape index (κ3) is 2.58. The normalized spacial score (nSPS) is 10.7. The number of aromatic nitrogens is 1. The van der Waals surface area contributed by atoms with Crippen LogP contribution in [0.1, 0.15) is 16.1 Å². The van der Waals surface area contributed by atoms with Crippen LogP contribution >= 0.6 is 0 Å². The van der Waals surface area contributed by atoms with E-state index in [1.54, 1.807) is 24.5 Å². The van der Waals surface area contributed by atoms with Crippen molar-refractivity contribution >= 4 is 22.7 Å². The summed E-state index contributed by atoms with van der Waals surface area (Å²) in [4.78, 5) is 17.7. The smallest absolute Gasteiger partial charge is 0.336 e. The van der Waals surface area contributed by atoms with Gasteiger partial charge in [0.2, 0.25) is 0 Å². The zero-order valence-electron chi connectivity index (χ0n) is 11.5. The molecule has 3 rings (SSSR count). The number of anilines is 1. The van der Waals surface area contributed by atoms with Crippen LogP contribution in [0.25, 0.3) is 10.9 Å². The van der Waals surface area contributed by atoms with E-state index in [0.29, 0.717) is 17.4 Å². The molecule has 0 aliphatic rings. The molecular formula is C16H14N2O3. The summed E-state index contributed by atoms with van der Waals surface area (Å²) in [6, 6.07) is 12.5. The van der Waals surface area contributed by atoms with Gasteiger partial charge in [-0.2, -0.15) is 0 Å². The molecule has 0 amide bonds. The van der Waals surface area contributed by atoms with Crippen LogP contribution < -0.4 is 4.90 Å². The number of hydrogen-bond acceptors (Lipinski definition) is 4. The van der Waals surface area contributed by atoms with Gasteiger partial charge in [0.15, 0.2) is 0 Å². The Balaban J connectivity index is 1.96. The van der Waals surface area contributed by atoms with E-state index in [1.807, 2.05) is 36.2 Å². The molecule has 21 heavy (non-hydrogen) atoms. The van der Waals surface area contributed by atoms with Gasteiger partial charge in [0.1, 0.15) is 11.6 Å². The first-order valence-corrected chi connectivity index (χ1v) is 6.52. The molecule has 5 heteroatoms. The van der Waals surface area contributed by atoms with Crippen molar-refractivity contribution in [1.82, 2.24) is 4.98 Å². The molecular weight excluding hydrogens is 268 g/mol. The third-order valence-corrected chi connectivity index (χ3v) is 3.31. The fraction of sp³-hybridized carbons (Fsp3) is 0.125. The molecule has 0 aliphatic heterocycles. The number of fused-ring (bicyclic) bond motifs is 1. The minimum absolute atomic E-state index is 0.264. The topological polar surface area (TPSA) is 66.6 Å². The fourth-order valence-corrected chi connectivity index (χ4v) is 2.26. The molecule has 1 N–H and O–H groups in total. The summed E-state index contributed by atoms with van der Waals surface area (Å²) in [6.07, 6.45) is 1.64. The van der Waals surface area contributed by atoms with Gasteiger partial charge in [-0.15, -0.1) is 0 Å². The van der Waals surface area contributed by atoms with Gasteiger partial charge in [0.05, 0.1) is 23.9 Å². The monoisotopic (exact) mass is 282 g/mol. The van der Waals surface area contributed by atoms with E-state index in [2.05, 4.69) is 4.98 Å². The third-order valence-electron chi connectivity index (χ3n) is 3.31. The van der Waals surface area contributed by atoms with Crippen molar-refractivity contribution < 1.29 is 14.3 Å². The molecule has 0 bridgehead atoms. The molecule has 5 nitrogen and oxygen atoms in total. The lowest BCUT2D eigenvalue weighted by Gasteiger charge is -2.17. The number of nitrogens with zero attached hydrogens (tertiary/aromatic N) is 2. The predicted molar refractivity (Wildman–Crippen MR) is 79.5 cm³/mol. The Bertz CT molecular complexity index is 781. The SMILES string of the molecule is CN(Cc1ccco1)c1ccc2c(C(=O)O)cccc2n1. The Hall–Kier alpha value is -2.82. The highest BCUT2D eigenvalue weighted by atomic mass is 16.4. The van der Waals surface area contributed by atoms with Crippen LogP contribution in [0.5, 0.6) is 0 Å². The molecule has 1 aromatic carbocycles. The van der Waals surface area contributed by atoms with Crippen LogP contribution in [0.2, 0.25) is 0 Å². The van der Waals surface area contributed by atoms with E-state index >= 15 is 0 Å². The van der Waals surface area contributed by atoms with Gasteiger partial charge in [0, 0.05) is 12.4 Å². The van der Waals surface area contributed by atoms with Crippen molar-refractivity contribution in [2.24, 2.45) is 0 Å². The second-order valence-electron chi connectivity index (χ2n) is 4.78. The fourth-order valence-electron chi connectivity index (χ4n) is 2.26. The quantitative estimate of drug-likeness (QED) is 0.796. The lowest BCUT2D eigenvalue weighted by Crippen LogP contribution is -2.17. The summed E-state index contributed by atoms with van der Waals surface area (Å²) < 4.78 is 5.32. The van der Waals surface area contributed by atoms with E-state index in [1.165, 1.54) is 0 Å². The zero-order chi connectivity index (χ0) is 14.8. The van der Waals surface area contributed by atoms with E-state index < -0.39 is 5.97 Å². The second kappa shape index (κ2) is 5.28. The van der Waals surface area contributed by atoms with Gasteiger partial charge in [-0.25, -0.2) is 9.78 Å². The number of carboxylic acid groups (broad SMARTS) is 1. The number of benzene rings is 1. The number of carbonyl (C=O) groups is 1. The van der Waals surface area contributed by atoms with Gasteiger partial charge < -0.3 is 14.4 Å². The van der Waals surface area contributed by atoms with Crippen LogP contribution in [-0.2, 0) is 6.54 Å². The lowest BCUT2D eigenvalue weighted by molar-refractivity contribution is 0.0699. The second-order valence-corrected chi connectivity index (χ2v) is 4.78. The number of pyridine rings is 1. The Labute approximate surface area is 121 Å². The lowest BCUT2D eigenvalue weighted by atomic mass is 10.1. The van der Waals surface area contributed by atoms with Gasteiger partial charge in [-0.1, -0.05) is 6.07 Å². The van der Waals surface area contributed by atoms with Crippen molar-refractivity contribution in [2.45, 2.75) is 6.54 Å². The Kier molecular flexibility index (Phi) is 3.31. The molecule has 0 saturated heterocycles. The average molecular weight is 282 g/mol. The summed E-state index contributed by atoms with van der Waals surface area (Å²) >= 11 is 0. The maximum absolute atomic E-state index is 11.2. The van der Waals surface area contributed by atoms with Crippen molar-refractivity contribution in [3.8, 4) is 0 Å². The Morgan fingerprint density at radius 2 is 2.10 bits per heavy atom. The molecule has 3 aromatic rings. The van der Waals surface area contributed by atoms with Crippen LogP contribution in [0.3, 0.4) is 0 Å². The minimum Gasteiger partial charge on any atom is -0.478 e. The summed E-state index contributed by atoms with van der Waals surface area (Å²) in [6.45, 7) is 0.601. The molecule has 0 atom stereocenters. The number of rotatable bonds is 4. The maximum Gasteiger partial charge on any atom is 0.336 e. The largest absolute Gasteiger partial charge is 0.478 e. The first-order chi connectivity index (χ1) is 10.1. The number of aromatic carboxylic acids is 1. The maximum atomic E-state index is 11.2. The molecule has 2 aromatic heterocycles. The minimum atomic E-state index is -0.945. The number of furan rings is 1. The van der Waals surface area contributed by atoms with Crippen LogP contribution in [0.4, 0.5) is 5.82 Å². The summed E-state index contributed by atoms with van der Waals surface area (Å²) in [5, 5.41) is 9.82. The van der Waals surface area contributed by atoms with Crippen LogP contribution in [-0.4, -0.2) is 23.1 Å². The molecule has 106 valence electrons. The molecule has 0 radical (unpaired) electrons. The zero-order valence-corrected chi connectivity index (χ0v) is 11.5. The van der Waals surface area contributed by atoms with Gasteiger partial charge in [0.25, 0.3) is 0 Å². The highest BCUT2D eigenvalue weighted by Crippen LogP contribution is 2.22. The predicted octanol–water partition coefficient (Wildman–Crippen LogP) is 3.16. The van der Waals surface area contributed by atoms with Crippen LogP contribution in [0, 0.1) is 0 Å². The molecule has 0 fully saturated rings. The van der Waals surface area contributed by atoms with Crippen LogP contribution in [0.15, 0.2) is 53.1 Å². The van der Waals surface area contributed by atoms with Gasteiger partial charge in [-0.05, 0) is 36.4 Å². The summed E-state index contributed by atoms with van der Waals surface area (Å²) in [5.41, 5.74) is 0.930. The first-order valence-electron chi connectivity index (χ1n) is 6.52. The highest BCUT2D eigenvalue weighted by Gasteiger charge is 2.11. The average Bonchev–Trinajstić information content (AvgIpc) is 2.98. The molecule has 0 aliphatic carbocycles. The summed E-state index contributed by atoms with van der Waals surface area (Å²) in [7, 11) is 1.91. The van der Waals surface area contributed by atoms with Crippen molar-refractivity contribution in [1.29, 1.82) is 0 Å². The number of hydrogen-bond donors (Lipinski definition) is 1. The highest BCUT2D eigenvalue weighted by molar-refractivity contribution is 6.02. The van der Waals surface area contributed by atoms with Gasteiger partial charge in [-0.3, -0.25) is 0 Å². The van der Waals surface area contributed by atoms with E-state index in [4.69, 9.17) is 4.42 Å². The molecule has 2 heterocycles. The van der Waals surface area contributed by atoms with Crippen molar-refractivity contribution in [2.75, 3.05) is 11.9 Å². The Morgan fingerprint density at radius 1 is 1.24 bits per heavy atom. The van der Waals surface area contributed by atoms with E-state index in [-0.39, 0.29) is 5.56 Å². The molecule has 0 unspecified atom stereocenters. The summed E-state index contributed by atoms with van der Waals surface area (Å²) in [5.74, 6) is 0.666. The van der Waals surface area contributed by atoms with Gasteiger partial charge >= 0.3 is 5.97 Å². The van der Waals surface area contributed by atoms with E-state index in [0.717, 1.165) is 11.6 Å². The van der Waals surface area contributed by atoms with Crippen molar-refractivity contribution in [3.05, 3.63) is 60.1 Å². The standard InChI is InChI=1S/C16H14N2O3/c1-18(10-11-4-3-9-21-11)15-8-7-12-13(16(19)20)5-2-6-14(12)17-15/h2-9H,10H2,1H3,(H,19,20). The van der Waals surface area contributed by atoms with Crippen molar-refractivity contribution in [3.63, 3.8) is 0 Å². The van der Waals surface area contributed by atoms with E-state index in [9.17, 15) is 9.90 Å². The molecule has 0 saturated carbocycles. The molecule has 0 spiro atoms. The number of carboxylic acids is 1. The Morgan fingerprint density at radius 3 is 2.81 bits per heavy atom.